The van der Waals surface area contributed by atoms with Gasteiger partial charge in [-0.15, -0.1) is 0 Å². The number of aliphatic hydroxyl groups excluding tert-OH is 1. The van der Waals surface area contributed by atoms with Gasteiger partial charge in [-0.25, -0.2) is 0 Å². The molecule has 0 aliphatic heterocycles. The van der Waals surface area contributed by atoms with Crippen LogP contribution in [0.1, 0.15) is 36.8 Å². The number of benzene rings is 1. The van der Waals surface area contributed by atoms with Gasteiger partial charge in [-0.05, 0) is 38.2 Å². The Morgan fingerprint density at radius 3 is 2.38 bits per heavy atom. The molecule has 0 bridgehead atoms. The van der Waals surface area contributed by atoms with Gasteiger partial charge in [0.2, 0.25) is 0 Å². The van der Waals surface area contributed by atoms with Gasteiger partial charge < -0.3 is 9.84 Å². The minimum atomic E-state index is -0.0979. The number of hydrogen-bond acceptors (Lipinski definition) is 2. The monoisotopic (exact) mass is 220 g/mol. The smallest absolute Gasteiger partial charge is 0.0720 e. The highest BCUT2D eigenvalue weighted by molar-refractivity contribution is 5.20. The summed E-state index contributed by atoms with van der Waals surface area (Å²) >= 11 is 0. The summed E-state index contributed by atoms with van der Waals surface area (Å²) in [5.74, 6) is 0. The van der Waals surface area contributed by atoms with E-state index in [-0.39, 0.29) is 6.10 Å². The normalized spacial score (nSPS) is 25.6. The zero-order chi connectivity index (χ0) is 11.4. The van der Waals surface area contributed by atoms with Gasteiger partial charge in [0.25, 0.3) is 0 Å². The van der Waals surface area contributed by atoms with Crippen molar-refractivity contribution in [1.29, 1.82) is 0 Å². The second kappa shape index (κ2) is 5.46. The van der Waals surface area contributed by atoms with E-state index in [0.717, 1.165) is 25.7 Å². The van der Waals surface area contributed by atoms with Crippen molar-refractivity contribution in [2.24, 2.45) is 0 Å². The maximum atomic E-state index is 9.39. The lowest BCUT2D eigenvalue weighted by atomic mass is 9.95. The fourth-order valence-corrected chi connectivity index (χ4v) is 2.11. The summed E-state index contributed by atoms with van der Waals surface area (Å²) in [7, 11) is 0. The first-order valence-corrected chi connectivity index (χ1v) is 6.09. The highest BCUT2D eigenvalue weighted by atomic mass is 16.5. The molecule has 0 heterocycles. The lowest BCUT2D eigenvalue weighted by Gasteiger charge is -2.25. The van der Waals surface area contributed by atoms with Gasteiger partial charge >= 0.3 is 0 Å². The molecule has 0 radical (unpaired) electrons. The third-order valence-electron chi connectivity index (χ3n) is 3.25. The van der Waals surface area contributed by atoms with E-state index in [4.69, 9.17) is 4.74 Å². The minimum absolute atomic E-state index is 0.0979. The second-order valence-electron chi connectivity index (χ2n) is 4.73. The Bertz CT molecular complexity index is 310. The highest BCUT2D eigenvalue weighted by Crippen LogP contribution is 2.22. The zero-order valence-electron chi connectivity index (χ0n) is 9.86. The first-order valence-electron chi connectivity index (χ1n) is 6.09. The van der Waals surface area contributed by atoms with E-state index in [9.17, 15) is 5.11 Å². The Labute approximate surface area is 97.3 Å². The Morgan fingerprint density at radius 2 is 1.75 bits per heavy atom. The van der Waals surface area contributed by atoms with Crippen LogP contribution in [-0.4, -0.2) is 17.3 Å². The summed E-state index contributed by atoms with van der Waals surface area (Å²) in [6.45, 7) is 2.79. The predicted molar refractivity (Wildman–Crippen MR) is 64.2 cm³/mol. The van der Waals surface area contributed by atoms with E-state index in [1.807, 2.05) is 0 Å². The third kappa shape index (κ3) is 3.32. The molecular weight excluding hydrogens is 200 g/mol. The molecule has 0 atom stereocenters. The van der Waals surface area contributed by atoms with E-state index in [1.165, 1.54) is 11.1 Å². The molecule has 2 rings (SSSR count). The van der Waals surface area contributed by atoms with Crippen LogP contribution in [0.2, 0.25) is 0 Å². The molecule has 1 aromatic rings. The fraction of sp³-hybridized carbons (Fsp3) is 0.571. The molecule has 0 amide bonds. The van der Waals surface area contributed by atoms with Gasteiger partial charge in [-0.2, -0.15) is 0 Å². The minimum Gasteiger partial charge on any atom is -0.393 e. The van der Waals surface area contributed by atoms with E-state index in [1.54, 1.807) is 0 Å². The molecule has 1 N–H and O–H groups in total. The van der Waals surface area contributed by atoms with Crippen LogP contribution < -0.4 is 0 Å². The lowest BCUT2D eigenvalue weighted by Crippen LogP contribution is -2.24. The molecule has 1 fully saturated rings. The molecule has 2 heteroatoms. The molecule has 0 aromatic heterocycles. The molecule has 88 valence electrons. The number of hydrogen-bond donors (Lipinski definition) is 1. The van der Waals surface area contributed by atoms with Crippen molar-refractivity contribution in [2.75, 3.05) is 0 Å². The molecule has 1 aliphatic carbocycles. The summed E-state index contributed by atoms with van der Waals surface area (Å²) in [5, 5.41) is 9.39. The Hall–Kier alpha value is -0.860. The number of rotatable bonds is 3. The molecule has 1 aliphatic rings. The van der Waals surface area contributed by atoms with E-state index in [2.05, 4.69) is 31.2 Å². The van der Waals surface area contributed by atoms with Crippen molar-refractivity contribution in [3.63, 3.8) is 0 Å². The molecule has 0 spiro atoms. The fourth-order valence-electron chi connectivity index (χ4n) is 2.11. The van der Waals surface area contributed by atoms with Crippen LogP contribution in [0.5, 0.6) is 0 Å². The first kappa shape index (κ1) is 11.6. The van der Waals surface area contributed by atoms with Crippen LogP contribution in [0.3, 0.4) is 0 Å². The van der Waals surface area contributed by atoms with Crippen molar-refractivity contribution in [3.05, 3.63) is 35.4 Å². The number of aliphatic hydroxyl groups is 1. The topological polar surface area (TPSA) is 29.5 Å². The van der Waals surface area contributed by atoms with E-state index < -0.39 is 0 Å². The Balaban J connectivity index is 1.77. The molecule has 2 nitrogen and oxygen atoms in total. The van der Waals surface area contributed by atoms with Crippen LogP contribution in [0, 0.1) is 6.92 Å². The summed E-state index contributed by atoms with van der Waals surface area (Å²) in [5.41, 5.74) is 2.52. The van der Waals surface area contributed by atoms with Crippen LogP contribution in [-0.2, 0) is 11.3 Å². The molecular formula is C14H20O2. The van der Waals surface area contributed by atoms with Crippen molar-refractivity contribution in [3.8, 4) is 0 Å². The maximum Gasteiger partial charge on any atom is 0.0720 e. The van der Waals surface area contributed by atoms with Gasteiger partial charge in [0.05, 0.1) is 18.8 Å². The van der Waals surface area contributed by atoms with Crippen molar-refractivity contribution < 1.29 is 9.84 Å². The summed E-state index contributed by atoms with van der Waals surface area (Å²) in [4.78, 5) is 0. The first-order chi connectivity index (χ1) is 7.74. The van der Waals surface area contributed by atoms with Gasteiger partial charge in [0, 0.05) is 0 Å². The number of aryl methyl sites for hydroxylation is 1. The van der Waals surface area contributed by atoms with E-state index >= 15 is 0 Å². The standard InChI is InChI=1S/C14H20O2/c1-11-2-4-12(5-3-11)10-16-14-8-6-13(15)7-9-14/h2-5,13-15H,6-10H2,1H3. The number of ether oxygens (including phenoxy) is 1. The summed E-state index contributed by atoms with van der Waals surface area (Å²) in [6.07, 6.45) is 4.00. The van der Waals surface area contributed by atoms with E-state index in [0.29, 0.717) is 12.7 Å². The van der Waals surface area contributed by atoms with Crippen LogP contribution in [0.25, 0.3) is 0 Å². The molecule has 0 saturated heterocycles. The molecule has 1 aromatic carbocycles. The van der Waals surface area contributed by atoms with Gasteiger partial charge in [0.15, 0.2) is 0 Å². The SMILES string of the molecule is Cc1ccc(COC2CCC(O)CC2)cc1. The molecule has 0 unspecified atom stereocenters. The average molecular weight is 220 g/mol. The van der Waals surface area contributed by atoms with Gasteiger partial charge in [-0.1, -0.05) is 29.8 Å². The van der Waals surface area contributed by atoms with Crippen molar-refractivity contribution in [2.45, 2.75) is 51.4 Å². The lowest BCUT2D eigenvalue weighted by molar-refractivity contribution is -0.0118. The van der Waals surface area contributed by atoms with Crippen LogP contribution in [0.4, 0.5) is 0 Å². The van der Waals surface area contributed by atoms with Crippen LogP contribution >= 0.6 is 0 Å². The highest BCUT2D eigenvalue weighted by Gasteiger charge is 2.19. The quantitative estimate of drug-likeness (QED) is 0.848. The molecule has 1 saturated carbocycles. The average Bonchev–Trinajstić information content (AvgIpc) is 2.30. The summed E-state index contributed by atoms with van der Waals surface area (Å²) in [6, 6.07) is 8.46. The predicted octanol–water partition coefficient (Wildman–Crippen LogP) is 2.82. The Kier molecular flexibility index (Phi) is 3.97. The van der Waals surface area contributed by atoms with Gasteiger partial charge in [0.1, 0.15) is 0 Å². The van der Waals surface area contributed by atoms with Gasteiger partial charge in [-0.3, -0.25) is 0 Å². The maximum absolute atomic E-state index is 9.39. The zero-order valence-corrected chi connectivity index (χ0v) is 9.86. The second-order valence-corrected chi connectivity index (χ2v) is 4.73. The van der Waals surface area contributed by atoms with Crippen LogP contribution in [0.15, 0.2) is 24.3 Å². The van der Waals surface area contributed by atoms with Crippen molar-refractivity contribution >= 4 is 0 Å². The van der Waals surface area contributed by atoms with Crippen molar-refractivity contribution in [1.82, 2.24) is 0 Å². The third-order valence-corrected chi connectivity index (χ3v) is 3.25. The molecule has 16 heavy (non-hydrogen) atoms. The largest absolute Gasteiger partial charge is 0.393 e. The summed E-state index contributed by atoms with van der Waals surface area (Å²) < 4.78 is 5.85. The Morgan fingerprint density at radius 1 is 1.12 bits per heavy atom.